The quantitative estimate of drug-likeness (QED) is 0.474. The predicted octanol–water partition coefficient (Wildman–Crippen LogP) is 5.02. The molecule has 1 aromatic heterocycles. The van der Waals surface area contributed by atoms with E-state index in [9.17, 15) is 4.79 Å². The van der Waals surface area contributed by atoms with E-state index in [0.717, 1.165) is 26.9 Å². The average Bonchev–Trinajstić information content (AvgIpc) is 3.07. The lowest BCUT2D eigenvalue weighted by Crippen LogP contribution is -2.20. The largest absolute Gasteiger partial charge is 0.455 e. The minimum atomic E-state index is -0.159. The van der Waals surface area contributed by atoms with Crippen molar-refractivity contribution in [2.45, 2.75) is 20.3 Å². The molecule has 5 heteroatoms. The van der Waals surface area contributed by atoms with E-state index in [4.69, 9.17) is 4.42 Å². The molecule has 26 heavy (non-hydrogen) atoms. The van der Waals surface area contributed by atoms with Crippen LogP contribution in [-0.4, -0.2) is 12.1 Å². The monoisotopic (exact) mass is 410 g/mol. The maximum Gasteiger partial charge on any atom is 0.244 e. The van der Waals surface area contributed by atoms with Crippen LogP contribution >= 0.6 is 15.9 Å². The number of amides is 1. The summed E-state index contributed by atoms with van der Waals surface area (Å²) in [5.41, 5.74) is 6.81. The molecule has 2 aromatic carbocycles. The van der Waals surface area contributed by atoms with Crippen LogP contribution in [0.15, 0.2) is 68.6 Å². The Labute approximate surface area is 161 Å². The van der Waals surface area contributed by atoms with Crippen LogP contribution in [0.2, 0.25) is 0 Å². The van der Waals surface area contributed by atoms with E-state index >= 15 is 0 Å². The second-order valence-corrected chi connectivity index (χ2v) is 7.02. The summed E-state index contributed by atoms with van der Waals surface area (Å²) in [7, 11) is 0. The Morgan fingerprint density at radius 2 is 1.88 bits per heavy atom. The minimum absolute atomic E-state index is 0.159. The molecule has 0 saturated heterocycles. The number of nitrogens with one attached hydrogen (secondary N) is 1. The zero-order valence-electron chi connectivity index (χ0n) is 14.6. The van der Waals surface area contributed by atoms with Crippen LogP contribution < -0.4 is 5.43 Å². The van der Waals surface area contributed by atoms with Crippen molar-refractivity contribution in [1.29, 1.82) is 0 Å². The maximum atomic E-state index is 12.0. The number of hydrogen-bond donors (Lipinski definition) is 1. The first-order valence-corrected chi connectivity index (χ1v) is 9.04. The van der Waals surface area contributed by atoms with Gasteiger partial charge < -0.3 is 4.42 Å². The molecule has 0 aliphatic heterocycles. The Morgan fingerprint density at radius 3 is 2.62 bits per heavy atom. The summed E-state index contributed by atoms with van der Waals surface area (Å²) in [4.78, 5) is 12.0. The fraction of sp³-hybridized carbons (Fsp3) is 0.143. The molecule has 1 heterocycles. The molecular formula is C21H19BrN2O2. The van der Waals surface area contributed by atoms with Crippen molar-refractivity contribution in [2.75, 3.05) is 0 Å². The summed E-state index contributed by atoms with van der Waals surface area (Å²) in [6.45, 7) is 4.04. The summed E-state index contributed by atoms with van der Waals surface area (Å²) >= 11 is 3.41. The Balaban J connectivity index is 1.58. The third-order valence-electron chi connectivity index (χ3n) is 3.99. The highest BCUT2D eigenvalue weighted by atomic mass is 79.9. The fourth-order valence-corrected chi connectivity index (χ4v) is 2.88. The molecule has 0 saturated carbocycles. The molecule has 1 amide bonds. The van der Waals surface area contributed by atoms with Crippen LogP contribution in [-0.2, 0) is 11.2 Å². The first-order chi connectivity index (χ1) is 12.5. The summed E-state index contributed by atoms with van der Waals surface area (Å²) in [5, 5.41) is 3.98. The first-order valence-electron chi connectivity index (χ1n) is 8.25. The third-order valence-corrected chi connectivity index (χ3v) is 4.51. The number of carbonyl (C=O) groups is 1. The summed E-state index contributed by atoms with van der Waals surface area (Å²) in [6.07, 6.45) is 1.80. The van der Waals surface area contributed by atoms with Gasteiger partial charge in [0.1, 0.15) is 11.5 Å². The number of hydrogen-bond acceptors (Lipinski definition) is 3. The molecule has 0 bridgehead atoms. The van der Waals surface area contributed by atoms with Gasteiger partial charge >= 0.3 is 0 Å². The summed E-state index contributed by atoms with van der Waals surface area (Å²) in [5.74, 6) is 1.17. The molecule has 0 radical (unpaired) electrons. The van der Waals surface area contributed by atoms with Crippen molar-refractivity contribution < 1.29 is 9.21 Å². The van der Waals surface area contributed by atoms with E-state index in [-0.39, 0.29) is 5.91 Å². The number of furan rings is 1. The van der Waals surface area contributed by atoms with Crippen LogP contribution in [0.5, 0.6) is 0 Å². The second-order valence-electron chi connectivity index (χ2n) is 6.11. The van der Waals surface area contributed by atoms with Crippen LogP contribution in [0.25, 0.3) is 11.3 Å². The number of rotatable bonds is 5. The summed E-state index contributed by atoms with van der Waals surface area (Å²) in [6, 6.07) is 17.6. The van der Waals surface area contributed by atoms with Gasteiger partial charge in [-0.15, -0.1) is 0 Å². The Bertz CT molecular complexity index is 943. The fourth-order valence-electron chi connectivity index (χ4n) is 2.62. The number of carbonyl (C=O) groups excluding carboxylic acids is 1. The highest BCUT2D eigenvalue weighted by molar-refractivity contribution is 9.10. The van der Waals surface area contributed by atoms with E-state index in [1.54, 1.807) is 0 Å². The van der Waals surface area contributed by atoms with Crippen molar-refractivity contribution in [3.63, 3.8) is 0 Å². The lowest BCUT2D eigenvalue weighted by Gasteiger charge is -2.05. The molecule has 0 atom stereocenters. The van der Waals surface area contributed by atoms with Gasteiger partial charge in [0.25, 0.3) is 0 Å². The molecule has 132 valence electrons. The lowest BCUT2D eigenvalue weighted by atomic mass is 10.0. The van der Waals surface area contributed by atoms with Crippen molar-refractivity contribution in [3.8, 4) is 11.3 Å². The van der Waals surface area contributed by atoms with Gasteiger partial charge in [-0.05, 0) is 49.2 Å². The SMILES string of the molecule is Cc1ccc(CC(=O)N/N=C/c2ccc(-c3ccc(Br)cc3)o2)c(C)c1. The van der Waals surface area contributed by atoms with E-state index < -0.39 is 0 Å². The minimum Gasteiger partial charge on any atom is -0.455 e. The molecule has 0 unspecified atom stereocenters. The smallest absolute Gasteiger partial charge is 0.244 e. The van der Waals surface area contributed by atoms with Gasteiger partial charge in [0.05, 0.1) is 12.6 Å². The van der Waals surface area contributed by atoms with Gasteiger partial charge in [-0.25, -0.2) is 5.43 Å². The number of nitrogens with zero attached hydrogens (tertiary/aromatic N) is 1. The molecular weight excluding hydrogens is 392 g/mol. The molecule has 0 spiro atoms. The van der Waals surface area contributed by atoms with E-state index in [1.807, 2.05) is 62.4 Å². The highest BCUT2D eigenvalue weighted by Gasteiger charge is 2.06. The standard InChI is InChI=1S/C21H19BrN2O2/c1-14-3-4-17(15(2)11-14)12-21(25)24-23-13-19-9-10-20(26-19)16-5-7-18(22)8-6-16/h3-11,13H,12H2,1-2H3,(H,24,25)/b23-13+. The highest BCUT2D eigenvalue weighted by Crippen LogP contribution is 2.23. The van der Waals surface area contributed by atoms with Crippen molar-refractivity contribution in [2.24, 2.45) is 5.10 Å². The molecule has 3 rings (SSSR count). The van der Waals surface area contributed by atoms with Crippen LogP contribution in [0.1, 0.15) is 22.5 Å². The van der Waals surface area contributed by atoms with Crippen molar-refractivity contribution >= 4 is 28.1 Å². The third kappa shape index (κ3) is 4.70. The van der Waals surface area contributed by atoms with E-state index in [2.05, 4.69) is 32.5 Å². The maximum absolute atomic E-state index is 12.0. The molecule has 0 fully saturated rings. The second kappa shape index (κ2) is 8.15. The molecule has 1 N–H and O–H groups in total. The van der Waals surface area contributed by atoms with Gasteiger partial charge in [-0.2, -0.15) is 5.10 Å². The number of halogens is 1. The first kappa shape index (κ1) is 18.1. The Hall–Kier alpha value is -2.66. The Morgan fingerprint density at radius 1 is 1.12 bits per heavy atom. The zero-order valence-corrected chi connectivity index (χ0v) is 16.2. The Kier molecular flexibility index (Phi) is 5.68. The zero-order chi connectivity index (χ0) is 18.5. The number of benzene rings is 2. The van der Waals surface area contributed by atoms with Gasteiger partial charge in [0.2, 0.25) is 5.91 Å². The van der Waals surface area contributed by atoms with Gasteiger partial charge in [0.15, 0.2) is 0 Å². The van der Waals surface area contributed by atoms with Gasteiger partial charge in [0, 0.05) is 10.0 Å². The van der Waals surface area contributed by atoms with E-state index in [1.165, 1.54) is 11.8 Å². The van der Waals surface area contributed by atoms with Crippen molar-refractivity contribution in [1.82, 2.24) is 5.43 Å². The van der Waals surface area contributed by atoms with Crippen LogP contribution in [0.3, 0.4) is 0 Å². The van der Waals surface area contributed by atoms with Gasteiger partial charge in [-0.1, -0.05) is 51.8 Å². The normalized spacial score (nSPS) is 11.0. The lowest BCUT2D eigenvalue weighted by molar-refractivity contribution is -0.120. The number of aryl methyl sites for hydroxylation is 2. The molecule has 0 aliphatic rings. The topological polar surface area (TPSA) is 54.6 Å². The van der Waals surface area contributed by atoms with E-state index in [0.29, 0.717) is 12.2 Å². The molecule has 4 nitrogen and oxygen atoms in total. The number of hydrazone groups is 1. The predicted molar refractivity (Wildman–Crippen MR) is 107 cm³/mol. The molecule has 3 aromatic rings. The summed E-state index contributed by atoms with van der Waals surface area (Å²) < 4.78 is 6.74. The molecule has 0 aliphatic carbocycles. The van der Waals surface area contributed by atoms with Crippen molar-refractivity contribution in [3.05, 3.63) is 81.5 Å². The average molecular weight is 411 g/mol. The van der Waals surface area contributed by atoms with Gasteiger partial charge in [-0.3, -0.25) is 4.79 Å². The van der Waals surface area contributed by atoms with Crippen LogP contribution in [0, 0.1) is 13.8 Å². The van der Waals surface area contributed by atoms with Crippen LogP contribution in [0.4, 0.5) is 0 Å².